The Labute approximate surface area is 172 Å². The predicted octanol–water partition coefficient (Wildman–Crippen LogP) is 3.25. The molecular weight excluding hydrogens is 380 g/mol. The van der Waals surface area contributed by atoms with Crippen LogP contribution < -0.4 is 10.9 Å². The standard InChI is InChI=1S/C23H20N4O3/c28-21(24-13-17-12-20(30-26-17)15-10-11-15)14-27-23(29)19-9-5-4-8-18(19)22(25-27)16-6-2-1-3-7-16/h1-9,12,15H,10-11,13-14H2,(H,24,28). The van der Waals surface area contributed by atoms with E-state index in [-0.39, 0.29) is 24.6 Å². The Morgan fingerprint density at radius 2 is 1.80 bits per heavy atom. The normalized spacial score (nSPS) is 13.5. The number of hydrogen-bond donors (Lipinski definition) is 1. The SMILES string of the molecule is O=C(Cn1nc(-c2ccccc2)c2ccccc2c1=O)NCc1cc(C2CC2)on1. The van der Waals surface area contributed by atoms with Gasteiger partial charge in [0, 0.05) is 22.9 Å². The second-order valence-electron chi connectivity index (χ2n) is 7.49. The Morgan fingerprint density at radius 3 is 2.57 bits per heavy atom. The summed E-state index contributed by atoms with van der Waals surface area (Å²) in [5.41, 5.74) is 1.94. The van der Waals surface area contributed by atoms with Gasteiger partial charge in [-0.1, -0.05) is 53.7 Å². The Morgan fingerprint density at radius 1 is 1.07 bits per heavy atom. The average molecular weight is 400 g/mol. The highest BCUT2D eigenvalue weighted by Crippen LogP contribution is 2.40. The van der Waals surface area contributed by atoms with Gasteiger partial charge in [0.1, 0.15) is 18.0 Å². The molecule has 1 aliphatic carbocycles. The molecule has 7 nitrogen and oxygen atoms in total. The van der Waals surface area contributed by atoms with Gasteiger partial charge in [0.05, 0.1) is 17.6 Å². The van der Waals surface area contributed by atoms with E-state index in [9.17, 15) is 9.59 Å². The van der Waals surface area contributed by atoms with Crippen molar-refractivity contribution in [3.63, 3.8) is 0 Å². The zero-order valence-electron chi connectivity index (χ0n) is 16.2. The van der Waals surface area contributed by atoms with Gasteiger partial charge in [-0.05, 0) is 18.9 Å². The van der Waals surface area contributed by atoms with Crippen LogP contribution in [0.3, 0.4) is 0 Å². The van der Waals surface area contributed by atoms with Gasteiger partial charge in [-0.15, -0.1) is 0 Å². The van der Waals surface area contributed by atoms with Crippen LogP contribution in [0.5, 0.6) is 0 Å². The van der Waals surface area contributed by atoms with Gasteiger partial charge in [-0.3, -0.25) is 9.59 Å². The van der Waals surface area contributed by atoms with E-state index in [4.69, 9.17) is 4.52 Å². The van der Waals surface area contributed by atoms with Crippen LogP contribution in [0.25, 0.3) is 22.0 Å². The van der Waals surface area contributed by atoms with E-state index >= 15 is 0 Å². The highest BCUT2D eigenvalue weighted by atomic mass is 16.5. The largest absolute Gasteiger partial charge is 0.361 e. The number of rotatable bonds is 6. The molecule has 1 aliphatic rings. The van der Waals surface area contributed by atoms with Crippen molar-refractivity contribution in [3.8, 4) is 11.3 Å². The van der Waals surface area contributed by atoms with Crippen LogP contribution in [-0.2, 0) is 17.9 Å². The zero-order valence-corrected chi connectivity index (χ0v) is 16.2. The molecule has 0 spiro atoms. The highest BCUT2D eigenvalue weighted by molar-refractivity contribution is 5.93. The van der Waals surface area contributed by atoms with Crippen LogP contribution in [0.4, 0.5) is 0 Å². The molecule has 0 radical (unpaired) electrons. The summed E-state index contributed by atoms with van der Waals surface area (Å²) in [4.78, 5) is 25.4. The van der Waals surface area contributed by atoms with E-state index in [1.54, 1.807) is 6.07 Å². The topological polar surface area (TPSA) is 90.0 Å². The summed E-state index contributed by atoms with van der Waals surface area (Å²) < 4.78 is 6.52. The molecule has 0 unspecified atom stereocenters. The van der Waals surface area contributed by atoms with Crippen molar-refractivity contribution in [1.29, 1.82) is 0 Å². The Kier molecular flexibility index (Phi) is 4.63. The minimum atomic E-state index is -0.310. The summed E-state index contributed by atoms with van der Waals surface area (Å²) in [6, 6.07) is 18.8. The molecule has 1 saturated carbocycles. The fourth-order valence-corrected chi connectivity index (χ4v) is 3.50. The van der Waals surface area contributed by atoms with Crippen molar-refractivity contribution in [2.45, 2.75) is 31.8 Å². The first-order chi connectivity index (χ1) is 14.7. The molecule has 1 amide bonds. The maximum atomic E-state index is 12.9. The van der Waals surface area contributed by atoms with E-state index in [1.165, 1.54) is 4.68 Å². The molecule has 1 fully saturated rings. The van der Waals surface area contributed by atoms with Crippen LogP contribution >= 0.6 is 0 Å². The van der Waals surface area contributed by atoms with Gasteiger partial charge in [0.2, 0.25) is 5.91 Å². The fourth-order valence-electron chi connectivity index (χ4n) is 3.50. The number of amides is 1. The van der Waals surface area contributed by atoms with Crippen molar-refractivity contribution in [2.24, 2.45) is 0 Å². The summed E-state index contributed by atoms with van der Waals surface area (Å²) in [5.74, 6) is 1.03. The van der Waals surface area contributed by atoms with Gasteiger partial charge in [0.15, 0.2) is 0 Å². The monoisotopic (exact) mass is 400 g/mol. The van der Waals surface area contributed by atoms with E-state index in [1.807, 2.05) is 54.6 Å². The van der Waals surface area contributed by atoms with Crippen molar-refractivity contribution in [1.82, 2.24) is 20.3 Å². The molecule has 0 aliphatic heterocycles. The first-order valence-electron chi connectivity index (χ1n) is 9.96. The Hall–Kier alpha value is -3.74. The smallest absolute Gasteiger partial charge is 0.275 e. The first kappa shape index (κ1) is 18.3. The second kappa shape index (κ2) is 7.59. The van der Waals surface area contributed by atoms with E-state index in [2.05, 4.69) is 15.6 Å². The van der Waals surface area contributed by atoms with Crippen molar-refractivity contribution in [3.05, 3.63) is 82.5 Å². The number of nitrogens with one attached hydrogen (secondary N) is 1. The quantitative estimate of drug-likeness (QED) is 0.537. The summed E-state index contributed by atoms with van der Waals surface area (Å²) in [6.45, 7) is 0.0831. The molecule has 2 aromatic carbocycles. The number of nitrogens with zero attached hydrogens (tertiary/aromatic N) is 3. The zero-order chi connectivity index (χ0) is 20.5. The third-order valence-electron chi connectivity index (χ3n) is 5.23. The molecule has 150 valence electrons. The number of aromatic nitrogens is 3. The lowest BCUT2D eigenvalue weighted by molar-refractivity contribution is -0.122. The fraction of sp³-hybridized carbons (Fsp3) is 0.217. The first-order valence-corrected chi connectivity index (χ1v) is 9.96. The van der Waals surface area contributed by atoms with Crippen LogP contribution in [0.2, 0.25) is 0 Å². The summed E-state index contributed by atoms with van der Waals surface area (Å²) >= 11 is 0. The van der Waals surface area contributed by atoms with Crippen LogP contribution in [0.15, 0.2) is 70.0 Å². The number of fused-ring (bicyclic) bond motifs is 1. The van der Waals surface area contributed by atoms with Crippen molar-refractivity contribution >= 4 is 16.7 Å². The molecule has 4 aromatic rings. The molecule has 2 aromatic heterocycles. The number of carbonyl (C=O) groups is 1. The van der Waals surface area contributed by atoms with E-state index in [0.29, 0.717) is 22.7 Å². The van der Waals surface area contributed by atoms with Gasteiger partial charge in [-0.2, -0.15) is 5.10 Å². The minimum absolute atomic E-state index is 0.170. The van der Waals surface area contributed by atoms with Gasteiger partial charge >= 0.3 is 0 Å². The Bertz CT molecular complexity index is 1270. The molecular formula is C23H20N4O3. The number of hydrogen-bond acceptors (Lipinski definition) is 5. The van der Waals surface area contributed by atoms with Crippen LogP contribution in [0, 0.1) is 0 Å². The lowest BCUT2D eigenvalue weighted by atomic mass is 10.1. The molecule has 1 N–H and O–H groups in total. The van der Waals surface area contributed by atoms with Crippen molar-refractivity contribution < 1.29 is 9.32 Å². The maximum absolute atomic E-state index is 12.9. The second-order valence-corrected chi connectivity index (χ2v) is 7.49. The van der Waals surface area contributed by atoms with Crippen LogP contribution in [0.1, 0.15) is 30.2 Å². The predicted molar refractivity (Wildman–Crippen MR) is 112 cm³/mol. The average Bonchev–Trinajstić information content (AvgIpc) is 3.53. The third-order valence-corrected chi connectivity index (χ3v) is 5.23. The van der Waals surface area contributed by atoms with Gasteiger partial charge in [-0.25, -0.2) is 4.68 Å². The third kappa shape index (κ3) is 3.61. The van der Waals surface area contributed by atoms with Gasteiger partial charge < -0.3 is 9.84 Å². The van der Waals surface area contributed by atoms with Gasteiger partial charge in [0.25, 0.3) is 5.56 Å². The summed E-state index contributed by atoms with van der Waals surface area (Å²) in [7, 11) is 0. The number of benzene rings is 2. The Balaban J connectivity index is 1.40. The van der Waals surface area contributed by atoms with Crippen LogP contribution in [-0.4, -0.2) is 20.8 Å². The molecule has 2 heterocycles. The molecule has 0 saturated heterocycles. The molecule has 30 heavy (non-hydrogen) atoms. The summed E-state index contributed by atoms with van der Waals surface area (Å²) in [5, 5.41) is 12.6. The summed E-state index contributed by atoms with van der Waals surface area (Å²) in [6.07, 6.45) is 2.25. The van der Waals surface area contributed by atoms with E-state index in [0.717, 1.165) is 29.6 Å². The van der Waals surface area contributed by atoms with Crippen molar-refractivity contribution in [2.75, 3.05) is 0 Å². The van der Waals surface area contributed by atoms with E-state index < -0.39 is 0 Å². The lowest BCUT2D eigenvalue weighted by Gasteiger charge is -2.11. The molecule has 0 bridgehead atoms. The lowest BCUT2D eigenvalue weighted by Crippen LogP contribution is -2.33. The number of carbonyl (C=O) groups excluding carboxylic acids is 1. The minimum Gasteiger partial charge on any atom is -0.361 e. The molecule has 7 heteroatoms. The highest BCUT2D eigenvalue weighted by Gasteiger charge is 2.27. The maximum Gasteiger partial charge on any atom is 0.275 e. The molecule has 5 rings (SSSR count). The molecule has 0 atom stereocenters.